The summed E-state index contributed by atoms with van der Waals surface area (Å²) in [5, 5.41) is 29.0. The average Bonchev–Trinajstić information content (AvgIpc) is 2.58. The van der Waals surface area contributed by atoms with E-state index in [0.717, 1.165) is 24.8 Å². The van der Waals surface area contributed by atoms with Crippen molar-refractivity contribution in [2.45, 2.75) is 70.9 Å². The van der Waals surface area contributed by atoms with Gasteiger partial charge in [0.1, 0.15) is 16.9 Å². The molecule has 7 heteroatoms. The van der Waals surface area contributed by atoms with E-state index in [2.05, 4.69) is 5.32 Å². The van der Waals surface area contributed by atoms with Crippen LogP contribution in [0, 0.1) is 16.7 Å². The van der Waals surface area contributed by atoms with Gasteiger partial charge in [-0.3, -0.25) is 15.4 Å². The van der Waals surface area contributed by atoms with Gasteiger partial charge in [-0.05, 0) is 57.7 Å². The zero-order valence-corrected chi connectivity index (χ0v) is 16.7. The molecule has 7 nitrogen and oxygen atoms in total. The third-order valence-electron chi connectivity index (χ3n) is 4.86. The van der Waals surface area contributed by atoms with Crippen molar-refractivity contribution in [3.8, 4) is 0 Å². The Morgan fingerprint density at radius 2 is 2.15 bits per heavy atom. The molecule has 1 aliphatic carbocycles. The Morgan fingerprint density at radius 3 is 2.74 bits per heavy atom. The van der Waals surface area contributed by atoms with Gasteiger partial charge >= 0.3 is 6.09 Å². The zero-order valence-electron chi connectivity index (χ0n) is 16.7. The molecule has 1 unspecified atom stereocenters. The predicted octanol–water partition coefficient (Wildman–Crippen LogP) is 2.97. The van der Waals surface area contributed by atoms with Crippen molar-refractivity contribution >= 4 is 11.9 Å². The summed E-state index contributed by atoms with van der Waals surface area (Å²) in [6.07, 6.45) is 4.63. The van der Waals surface area contributed by atoms with E-state index in [-0.39, 0.29) is 30.0 Å². The lowest BCUT2D eigenvalue weighted by atomic mass is 9.84. The first-order valence-corrected chi connectivity index (χ1v) is 9.57. The summed E-state index contributed by atoms with van der Waals surface area (Å²) in [5.41, 5.74) is 0.591. The smallest absolute Gasteiger partial charge is 0.407 e. The first kappa shape index (κ1) is 21.2. The van der Waals surface area contributed by atoms with Crippen molar-refractivity contribution in [1.29, 1.82) is 10.8 Å². The van der Waals surface area contributed by atoms with Crippen LogP contribution in [0.15, 0.2) is 18.3 Å². The zero-order chi connectivity index (χ0) is 20.2. The quantitative estimate of drug-likeness (QED) is 0.479. The first-order valence-electron chi connectivity index (χ1n) is 9.57. The standard InChI is InChI=1S/C20H32N4O3/c1-13(12-25)14-8-9-24(17(21)11-14)18(22)15-6-5-7-16(10-15)23-19(26)27-20(2,3)4/h8-9,11,13,15-16,21-22,25H,5-7,10,12H2,1-4H3,(H,23,26)/t13?,15-,16+/m0/s1. The van der Waals surface area contributed by atoms with Gasteiger partial charge in [-0.1, -0.05) is 13.3 Å². The van der Waals surface area contributed by atoms with Gasteiger partial charge in [0.05, 0.1) is 0 Å². The highest BCUT2D eigenvalue weighted by molar-refractivity contribution is 5.84. The molecular weight excluding hydrogens is 344 g/mol. The number of amides is 1. The largest absolute Gasteiger partial charge is 0.444 e. The number of nitrogens with one attached hydrogen (secondary N) is 3. The molecule has 0 spiro atoms. The van der Waals surface area contributed by atoms with E-state index < -0.39 is 11.7 Å². The molecule has 2 rings (SSSR count). The van der Waals surface area contributed by atoms with Crippen molar-refractivity contribution in [1.82, 2.24) is 9.88 Å². The number of hydrogen-bond donors (Lipinski definition) is 4. The van der Waals surface area contributed by atoms with Gasteiger partial charge in [0.25, 0.3) is 0 Å². The number of nitrogens with zero attached hydrogens (tertiary/aromatic N) is 1. The molecule has 0 radical (unpaired) electrons. The molecule has 0 bridgehead atoms. The van der Waals surface area contributed by atoms with Crippen LogP contribution in [0.2, 0.25) is 0 Å². The Hall–Kier alpha value is -2.15. The minimum Gasteiger partial charge on any atom is -0.444 e. The van der Waals surface area contributed by atoms with Crippen LogP contribution in [0.1, 0.15) is 64.9 Å². The van der Waals surface area contributed by atoms with Crippen molar-refractivity contribution in [3.05, 3.63) is 29.4 Å². The molecule has 1 heterocycles. The summed E-state index contributed by atoms with van der Waals surface area (Å²) in [6.45, 7) is 7.43. The molecule has 1 fully saturated rings. The molecule has 1 amide bonds. The Bertz CT molecular complexity index is 735. The summed E-state index contributed by atoms with van der Waals surface area (Å²) in [5.74, 6) is 0.322. The molecule has 4 N–H and O–H groups in total. The Kier molecular flexibility index (Phi) is 6.81. The third kappa shape index (κ3) is 5.92. The van der Waals surface area contributed by atoms with Gasteiger partial charge in [-0.25, -0.2) is 4.79 Å². The van der Waals surface area contributed by atoms with Crippen LogP contribution >= 0.6 is 0 Å². The molecule has 150 valence electrons. The summed E-state index contributed by atoms with van der Waals surface area (Å²) < 4.78 is 6.90. The van der Waals surface area contributed by atoms with Crippen LogP contribution < -0.4 is 10.8 Å². The van der Waals surface area contributed by atoms with Gasteiger partial charge in [-0.2, -0.15) is 0 Å². The summed E-state index contributed by atoms with van der Waals surface area (Å²) >= 11 is 0. The van der Waals surface area contributed by atoms with Crippen molar-refractivity contribution < 1.29 is 14.6 Å². The van der Waals surface area contributed by atoms with Crippen molar-refractivity contribution in [2.75, 3.05) is 6.61 Å². The number of alkyl carbamates (subject to hydrolysis) is 1. The van der Waals surface area contributed by atoms with Gasteiger partial charge < -0.3 is 15.2 Å². The number of aromatic nitrogens is 1. The second-order valence-electron chi connectivity index (χ2n) is 8.39. The van der Waals surface area contributed by atoms with E-state index in [4.69, 9.17) is 15.6 Å². The number of ether oxygens (including phenoxy) is 1. The van der Waals surface area contributed by atoms with E-state index in [1.54, 1.807) is 16.8 Å². The second-order valence-corrected chi connectivity index (χ2v) is 8.39. The molecule has 1 aliphatic rings. The summed E-state index contributed by atoms with van der Waals surface area (Å²) in [6, 6.07) is 3.53. The minimum absolute atomic E-state index is 0.0195. The summed E-state index contributed by atoms with van der Waals surface area (Å²) in [4.78, 5) is 12.0. The molecule has 1 aromatic rings. The topological polar surface area (TPSA) is 111 Å². The van der Waals surface area contributed by atoms with Crippen LogP contribution in [0.3, 0.4) is 0 Å². The molecule has 3 atom stereocenters. The fraction of sp³-hybridized carbons (Fsp3) is 0.650. The first-order chi connectivity index (χ1) is 12.6. The van der Waals surface area contributed by atoms with Crippen LogP contribution in [0.4, 0.5) is 4.79 Å². The van der Waals surface area contributed by atoms with E-state index >= 15 is 0 Å². The fourth-order valence-corrected chi connectivity index (χ4v) is 3.38. The van der Waals surface area contributed by atoms with E-state index in [0.29, 0.717) is 12.3 Å². The maximum Gasteiger partial charge on any atom is 0.407 e. The molecule has 0 aliphatic heterocycles. The Labute approximate surface area is 160 Å². The van der Waals surface area contributed by atoms with Crippen molar-refractivity contribution in [2.24, 2.45) is 5.92 Å². The third-order valence-corrected chi connectivity index (χ3v) is 4.86. The predicted molar refractivity (Wildman–Crippen MR) is 104 cm³/mol. The number of aliphatic hydroxyl groups is 1. The second kappa shape index (κ2) is 8.69. The number of rotatable bonds is 4. The molecule has 1 saturated carbocycles. The van der Waals surface area contributed by atoms with Crippen LogP contribution in [0.5, 0.6) is 0 Å². The van der Waals surface area contributed by atoms with Gasteiger partial charge in [0, 0.05) is 30.7 Å². The lowest BCUT2D eigenvalue weighted by Gasteiger charge is -2.31. The lowest BCUT2D eigenvalue weighted by Crippen LogP contribution is -2.43. The number of carbonyl (C=O) groups is 1. The number of carbonyl (C=O) groups excluding carboxylic acids is 1. The Morgan fingerprint density at radius 1 is 1.44 bits per heavy atom. The number of aliphatic hydroxyl groups excluding tert-OH is 1. The van der Waals surface area contributed by atoms with Crippen LogP contribution in [-0.2, 0) is 4.74 Å². The highest BCUT2D eigenvalue weighted by Crippen LogP contribution is 2.26. The average molecular weight is 377 g/mol. The van der Waals surface area contributed by atoms with Gasteiger partial charge in [-0.15, -0.1) is 0 Å². The molecule has 27 heavy (non-hydrogen) atoms. The van der Waals surface area contributed by atoms with Gasteiger partial charge in [0.2, 0.25) is 0 Å². The van der Waals surface area contributed by atoms with Crippen LogP contribution in [-0.4, -0.2) is 39.9 Å². The molecule has 0 aromatic carbocycles. The fourth-order valence-electron chi connectivity index (χ4n) is 3.38. The monoisotopic (exact) mass is 376 g/mol. The lowest BCUT2D eigenvalue weighted by molar-refractivity contribution is 0.0489. The number of pyridine rings is 1. The molecule has 0 saturated heterocycles. The van der Waals surface area contributed by atoms with E-state index in [1.165, 1.54) is 0 Å². The molecule has 1 aromatic heterocycles. The number of hydrogen-bond acceptors (Lipinski definition) is 5. The highest BCUT2D eigenvalue weighted by atomic mass is 16.6. The van der Waals surface area contributed by atoms with E-state index in [1.807, 2.05) is 33.8 Å². The maximum atomic E-state index is 12.0. The highest BCUT2D eigenvalue weighted by Gasteiger charge is 2.28. The van der Waals surface area contributed by atoms with E-state index in [9.17, 15) is 9.90 Å². The normalized spacial score (nSPS) is 21.4. The van der Waals surface area contributed by atoms with Gasteiger partial charge in [0.15, 0.2) is 0 Å². The van der Waals surface area contributed by atoms with Crippen molar-refractivity contribution in [3.63, 3.8) is 0 Å². The minimum atomic E-state index is -0.533. The summed E-state index contributed by atoms with van der Waals surface area (Å²) in [7, 11) is 0. The maximum absolute atomic E-state index is 12.0. The Balaban J connectivity index is 2.04. The van der Waals surface area contributed by atoms with Crippen LogP contribution in [0.25, 0.3) is 0 Å². The SMILES string of the molecule is CC(CO)c1ccn(C(=N)[C@H]2CCC[C@@H](NC(=O)OC(C)(C)C)C2)c(=N)c1. The molecular formula is C20H32N4O3.